The van der Waals surface area contributed by atoms with E-state index in [0.29, 0.717) is 12.2 Å². The van der Waals surface area contributed by atoms with Gasteiger partial charge in [0.15, 0.2) is 11.6 Å². The molecular formula is C9H6F2NO. The molecule has 0 saturated carbocycles. The van der Waals surface area contributed by atoms with Gasteiger partial charge in [-0.2, -0.15) is 0 Å². The van der Waals surface area contributed by atoms with Gasteiger partial charge in [0.25, 0.3) is 6.40 Å². The summed E-state index contributed by atoms with van der Waals surface area (Å²) in [4.78, 5) is 3.82. The van der Waals surface area contributed by atoms with Gasteiger partial charge in [0.1, 0.15) is 12.6 Å². The molecule has 1 atom stereocenters. The Balaban J connectivity index is 2.30. The third-order valence-electron chi connectivity index (χ3n) is 1.84. The van der Waals surface area contributed by atoms with Gasteiger partial charge in [0.05, 0.1) is 0 Å². The molecule has 0 aliphatic carbocycles. The van der Waals surface area contributed by atoms with Gasteiger partial charge in [-0.05, 0) is 17.7 Å². The molecule has 1 aliphatic rings. The molecule has 1 radical (unpaired) electrons. The van der Waals surface area contributed by atoms with Gasteiger partial charge >= 0.3 is 0 Å². The normalized spacial score (nSPS) is 20.3. The first-order valence-corrected chi connectivity index (χ1v) is 3.79. The van der Waals surface area contributed by atoms with Crippen LogP contribution in [0, 0.1) is 11.6 Å². The lowest BCUT2D eigenvalue weighted by Crippen LogP contribution is -1.98. The van der Waals surface area contributed by atoms with Gasteiger partial charge in [-0.25, -0.2) is 13.8 Å². The van der Waals surface area contributed by atoms with Crippen molar-refractivity contribution in [3.8, 4) is 0 Å². The maximum atomic E-state index is 12.8. The lowest BCUT2D eigenvalue weighted by Gasteiger charge is -2.05. The third kappa shape index (κ3) is 1.52. The van der Waals surface area contributed by atoms with E-state index in [2.05, 4.69) is 11.4 Å². The summed E-state index contributed by atoms with van der Waals surface area (Å²) in [6.45, 7) is 0.338. The van der Waals surface area contributed by atoms with E-state index in [9.17, 15) is 8.78 Å². The van der Waals surface area contributed by atoms with Crippen LogP contribution in [0.1, 0.15) is 11.6 Å². The molecule has 0 amide bonds. The highest BCUT2D eigenvalue weighted by Crippen LogP contribution is 2.22. The van der Waals surface area contributed by atoms with Crippen LogP contribution in [0.15, 0.2) is 23.2 Å². The van der Waals surface area contributed by atoms with Crippen molar-refractivity contribution in [1.29, 1.82) is 0 Å². The minimum absolute atomic E-state index is 0.255. The lowest BCUT2D eigenvalue weighted by atomic mass is 10.1. The van der Waals surface area contributed by atoms with E-state index in [0.717, 1.165) is 12.1 Å². The predicted molar refractivity (Wildman–Crippen MR) is 42.5 cm³/mol. The number of nitrogens with zero attached hydrogens (tertiary/aromatic N) is 1. The Labute approximate surface area is 73.9 Å². The first kappa shape index (κ1) is 8.16. The predicted octanol–water partition coefficient (Wildman–Crippen LogP) is 1.94. The van der Waals surface area contributed by atoms with E-state index in [1.54, 1.807) is 0 Å². The molecule has 0 spiro atoms. The van der Waals surface area contributed by atoms with Crippen LogP contribution in [-0.4, -0.2) is 13.0 Å². The number of hydrogen-bond acceptors (Lipinski definition) is 2. The summed E-state index contributed by atoms with van der Waals surface area (Å²) in [7, 11) is 0. The number of halogens is 2. The second kappa shape index (κ2) is 3.12. The number of rotatable bonds is 1. The van der Waals surface area contributed by atoms with Crippen LogP contribution in [-0.2, 0) is 4.74 Å². The molecule has 1 aromatic carbocycles. The monoisotopic (exact) mass is 182 g/mol. The molecule has 2 nitrogen and oxygen atoms in total. The summed E-state index contributed by atoms with van der Waals surface area (Å²) in [5, 5.41) is 0. The van der Waals surface area contributed by atoms with Crippen LogP contribution < -0.4 is 0 Å². The van der Waals surface area contributed by atoms with Crippen molar-refractivity contribution in [2.24, 2.45) is 4.99 Å². The third-order valence-corrected chi connectivity index (χ3v) is 1.84. The van der Waals surface area contributed by atoms with Crippen molar-refractivity contribution in [3.63, 3.8) is 0 Å². The van der Waals surface area contributed by atoms with Crippen molar-refractivity contribution in [1.82, 2.24) is 0 Å². The summed E-state index contributed by atoms with van der Waals surface area (Å²) in [6, 6.07) is 3.44. The smallest absolute Gasteiger partial charge is 0.273 e. The van der Waals surface area contributed by atoms with Crippen LogP contribution >= 0.6 is 0 Å². The molecule has 0 saturated heterocycles. The van der Waals surface area contributed by atoms with Gasteiger partial charge in [0, 0.05) is 0 Å². The number of ether oxygens (including phenoxy) is 1. The Morgan fingerprint density at radius 3 is 2.85 bits per heavy atom. The SMILES string of the molecule is Fc1ccc(C2CO[C]=N2)cc1F. The van der Waals surface area contributed by atoms with Gasteiger partial charge in [0.2, 0.25) is 0 Å². The fourth-order valence-corrected chi connectivity index (χ4v) is 1.14. The number of hydrogen-bond donors (Lipinski definition) is 0. The summed E-state index contributed by atoms with van der Waals surface area (Å²) in [5.41, 5.74) is 0.601. The topological polar surface area (TPSA) is 21.6 Å². The average Bonchev–Trinajstić information content (AvgIpc) is 2.62. The first-order valence-electron chi connectivity index (χ1n) is 3.79. The minimum Gasteiger partial charge on any atom is -0.471 e. The fourth-order valence-electron chi connectivity index (χ4n) is 1.14. The van der Waals surface area contributed by atoms with E-state index in [1.807, 2.05) is 0 Å². The second-order valence-corrected chi connectivity index (χ2v) is 2.72. The van der Waals surface area contributed by atoms with E-state index in [1.165, 1.54) is 6.07 Å². The molecule has 1 unspecified atom stereocenters. The number of aliphatic imine (C=N–C) groups is 1. The minimum atomic E-state index is -0.861. The zero-order chi connectivity index (χ0) is 9.26. The highest BCUT2D eigenvalue weighted by atomic mass is 19.2. The molecule has 13 heavy (non-hydrogen) atoms. The molecule has 0 aromatic heterocycles. The zero-order valence-corrected chi connectivity index (χ0v) is 6.63. The van der Waals surface area contributed by atoms with Gasteiger partial charge in [-0.15, -0.1) is 0 Å². The summed E-state index contributed by atoms with van der Waals surface area (Å²) < 4.78 is 30.0. The summed E-state index contributed by atoms with van der Waals surface area (Å²) in [6.07, 6.45) is 2.31. The van der Waals surface area contributed by atoms with Crippen molar-refractivity contribution in [2.75, 3.05) is 6.61 Å². The molecule has 1 aromatic rings. The van der Waals surface area contributed by atoms with E-state index in [-0.39, 0.29) is 6.04 Å². The maximum Gasteiger partial charge on any atom is 0.273 e. The Morgan fingerprint density at radius 1 is 1.38 bits per heavy atom. The second-order valence-electron chi connectivity index (χ2n) is 2.72. The Hall–Kier alpha value is -1.45. The average molecular weight is 182 g/mol. The van der Waals surface area contributed by atoms with Gasteiger partial charge in [-0.1, -0.05) is 6.07 Å². The highest BCUT2D eigenvalue weighted by Gasteiger charge is 2.16. The van der Waals surface area contributed by atoms with Gasteiger partial charge < -0.3 is 4.74 Å². The van der Waals surface area contributed by atoms with Gasteiger partial charge in [-0.3, -0.25) is 0 Å². The lowest BCUT2D eigenvalue weighted by molar-refractivity contribution is 0.330. The van der Waals surface area contributed by atoms with Crippen molar-refractivity contribution >= 4 is 6.40 Å². The van der Waals surface area contributed by atoms with Crippen LogP contribution in [0.4, 0.5) is 8.78 Å². The Morgan fingerprint density at radius 2 is 2.23 bits per heavy atom. The van der Waals surface area contributed by atoms with Crippen LogP contribution in [0.2, 0.25) is 0 Å². The summed E-state index contributed by atoms with van der Waals surface area (Å²) in [5.74, 6) is -1.71. The van der Waals surface area contributed by atoms with E-state index >= 15 is 0 Å². The van der Waals surface area contributed by atoms with Crippen LogP contribution in [0.3, 0.4) is 0 Å². The molecule has 0 bridgehead atoms. The highest BCUT2D eigenvalue weighted by molar-refractivity contribution is 5.50. The molecule has 1 heterocycles. The molecule has 0 fully saturated rings. The number of benzene rings is 1. The van der Waals surface area contributed by atoms with Crippen molar-refractivity contribution in [2.45, 2.75) is 6.04 Å². The fraction of sp³-hybridized carbons (Fsp3) is 0.222. The molecule has 67 valence electrons. The Bertz CT molecular complexity index is 351. The maximum absolute atomic E-state index is 12.8. The quantitative estimate of drug-likeness (QED) is 0.650. The molecule has 0 N–H and O–H groups in total. The largest absolute Gasteiger partial charge is 0.471 e. The van der Waals surface area contributed by atoms with Crippen LogP contribution in [0.5, 0.6) is 0 Å². The van der Waals surface area contributed by atoms with Crippen molar-refractivity contribution in [3.05, 3.63) is 35.4 Å². The standard InChI is InChI=1S/C9H6F2NO/c10-7-2-1-6(3-8(7)11)9-4-13-5-12-9/h1-3,9H,4H2. The zero-order valence-electron chi connectivity index (χ0n) is 6.63. The summed E-state index contributed by atoms with van der Waals surface area (Å²) >= 11 is 0. The van der Waals surface area contributed by atoms with E-state index < -0.39 is 11.6 Å². The van der Waals surface area contributed by atoms with Crippen molar-refractivity contribution < 1.29 is 13.5 Å². The first-order chi connectivity index (χ1) is 6.27. The molecule has 2 rings (SSSR count). The Kier molecular flexibility index (Phi) is 1.96. The molecule has 1 aliphatic heterocycles. The van der Waals surface area contributed by atoms with Crippen LogP contribution in [0.25, 0.3) is 0 Å². The molecular weight excluding hydrogens is 176 g/mol. The van der Waals surface area contributed by atoms with E-state index in [4.69, 9.17) is 4.74 Å². The molecule has 4 heteroatoms.